The second-order valence-corrected chi connectivity index (χ2v) is 4.06. The molecule has 4 nitrogen and oxygen atoms in total. The van der Waals surface area contributed by atoms with Crippen LogP contribution in [-0.2, 0) is 19.1 Å². The van der Waals surface area contributed by atoms with Crippen LogP contribution in [0.15, 0.2) is 43.2 Å². The number of carbonyl (C=O) groups excluding carboxylic acids is 2. The van der Waals surface area contributed by atoms with Crippen molar-refractivity contribution in [3.63, 3.8) is 0 Å². The third-order valence-corrected chi connectivity index (χ3v) is 2.54. The zero-order valence-electron chi connectivity index (χ0n) is 11.0. The van der Waals surface area contributed by atoms with Gasteiger partial charge in [0.05, 0.1) is 6.26 Å². The normalized spacial score (nSPS) is 11.4. The highest BCUT2D eigenvalue weighted by molar-refractivity contribution is 5.69. The summed E-state index contributed by atoms with van der Waals surface area (Å²) in [5.41, 5.74) is 0.926. The second kappa shape index (κ2) is 8.08. The molecule has 1 aromatic carbocycles. The zero-order valence-corrected chi connectivity index (χ0v) is 11.0. The van der Waals surface area contributed by atoms with Crippen molar-refractivity contribution in [2.24, 2.45) is 0 Å². The summed E-state index contributed by atoms with van der Waals surface area (Å²) in [7, 11) is 0. The van der Waals surface area contributed by atoms with Gasteiger partial charge in [0.15, 0.2) is 0 Å². The fourth-order valence-electron chi connectivity index (χ4n) is 1.75. The fraction of sp³-hybridized carbons (Fsp3) is 0.333. The van der Waals surface area contributed by atoms with Crippen LogP contribution < -0.4 is 0 Å². The summed E-state index contributed by atoms with van der Waals surface area (Å²) in [5.74, 6) is -0.660. The third kappa shape index (κ3) is 5.86. The van der Waals surface area contributed by atoms with Gasteiger partial charge in [-0.15, -0.1) is 0 Å². The molecular weight excluding hydrogens is 244 g/mol. The van der Waals surface area contributed by atoms with E-state index in [9.17, 15) is 9.59 Å². The first kappa shape index (κ1) is 15.0. The lowest BCUT2D eigenvalue weighted by atomic mass is 10.0. The molecule has 1 atom stereocenters. The molecule has 0 aromatic heterocycles. The predicted molar refractivity (Wildman–Crippen MR) is 71.1 cm³/mol. The number of esters is 2. The third-order valence-electron chi connectivity index (χ3n) is 2.54. The smallest absolute Gasteiger partial charge is 0.310 e. The zero-order chi connectivity index (χ0) is 14.1. The number of rotatable bonds is 7. The Labute approximate surface area is 113 Å². The van der Waals surface area contributed by atoms with E-state index in [0.29, 0.717) is 12.8 Å². The van der Waals surface area contributed by atoms with E-state index in [1.165, 1.54) is 6.92 Å². The van der Waals surface area contributed by atoms with Crippen molar-refractivity contribution in [1.29, 1.82) is 0 Å². The largest absolute Gasteiger partial charge is 0.458 e. The van der Waals surface area contributed by atoms with Crippen LogP contribution >= 0.6 is 0 Å². The van der Waals surface area contributed by atoms with Gasteiger partial charge in [0, 0.05) is 13.3 Å². The van der Waals surface area contributed by atoms with Crippen LogP contribution in [0.3, 0.4) is 0 Å². The van der Waals surface area contributed by atoms with Crippen molar-refractivity contribution in [3.8, 4) is 0 Å². The standard InChI is InChI=1S/C15H18O4/c1-3-18-15(17)11-7-10-14(19-12(2)16)13-8-5-4-6-9-13/h3-6,8-9,14H,1,7,10-11H2,2H3. The predicted octanol–water partition coefficient (Wildman–Crippen LogP) is 3.15. The Balaban J connectivity index is 2.54. The number of hydrogen-bond acceptors (Lipinski definition) is 4. The van der Waals surface area contributed by atoms with Gasteiger partial charge < -0.3 is 9.47 Å². The maximum Gasteiger partial charge on any atom is 0.310 e. The van der Waals surface area contributed by atoms with Gasteiger partial charge in [0.25, 0.3) is 0 Å². The quantitative estimate of drug-likeness (QED) is 0.559. The molecule has 0 saturated carbocycles. The van der Waals surface area contributed by atoms with Crippen molar-refractivity contribution in [2.45, 2.75) is 32.3 Å². The van der Waals surface area contributed by atoms with Crippen LogP contribution in [-0.4, -0.2) is 11.9 Å². The maximum absolute atomic E-state index is 11.2. The Bertz CT molecular complexity index is 425. The molecule has 19 heavy (non-hydrogen) atoms. The van der Waals surface area contributed by atoms with Crippen LogP contribution in [0.2, 0.25) is 0 Å². The van der Waals surface area contributed by atoms with Crippen molar-refractivity contribution in [3.05, 3.63) is 48.7 Å². The molecule has 4 heteroatoms. The van der Waals surface area contributed by atoms with Crippen LogP contribution in [0.5, 0.6) is 0 Å². The molecular formula is C15H18O4. The lowest BCUT2D eigenvalue weighted by Gasteiger charge is -2.17. The van der Waals surface area contributed by atoms with Gasteiger partial charge in [-0.05, 0) is 18.4 Å². The Hall–Kier alpha value is -2.10. The highest BCUT2D eigenvalue weighted by Crippen LogP contribution is 2.23. The summed E-state index contributed by atoms with van der Waals surface area (Å²) in [6.07, 6.45) is 2.23. The SMILES string of the molecule is C=COC(=O)CCCC(OC(C)=O)c1ccccc1. The molecule has 0 bridgehead atoms. The van der Waals surface area contributed by atoms with Crippen molar-refractivity contribution in [1.82, 2.24) is 0 Å². The summed E-state index contributed by atoms with van der Waals surface area (Å²) in [4.78, 5) is 22.3. The van der Waals surface area contributed by atoms with Gasteiger partial charge in [0.1, 0.15) is 6.10 Å². The Morgan fingerprint density at radius 3 is 2.58 bits per heavy atom. The molecule has 0 aliphatic rings. The van der Waals surface area contributed by atoms with E-state index in [1.807, 2.05) is 30.3 Å². The topological polar surface area (TPSA) is 52.6 Å². The summed E-state index contributed by atoms with van der Waals surface area (Å²) in [5, 5.41) is 0. The first-order chi connectivity index (χ1) is 9.13. The van der Waals surface area contributed by atoms with E-state index in [1.54, 1.807) is 0 Å². The average molecular weight is 262 g/mol. The molecule has 1 aromatic rings. The summed E-state index contributed by atoms with van der Waals surface area (Å²) in [6, 6.07) is 9.47. The van der Waals surface area contributed by atoms with Crippen molar-refractivity contribution < 1.29 is 19.1 Å². The summed E-state index contributed by atoms with van der Waals surface area (Å²) in [6.45, 7) is 4.70. The van der Waals surface area contributed by atoms with Gasteiger partial charge >= 0.3 is 11.9 Å². The van der Waals surface area contributed by atoms with Gasteiger partial charge in [-0.2, -0.15) is 0 Å². The molecule has 0 radical (unpaired) electrons. The monoisotopic (exact) mass is 262 g/mol. The van der Waals surface area contributed by atoms with Crippen molar-refractivity contribution >= 4 is 11.9 Å². The molecule has 102 valence electrons. The average Bonchev–Trinajstić information content (AvgIpc) is 2.38. The van der Waals surface area contributed by atoms with E-state index in [2.05, 4.69) is 11.3 Å². The van der Waals surface area contributed by atoms with E-state index in [-0.39, 0.29) is 24.5 Å². The number of hydrogen-bond donors (Lipinski definition) is 0. The minimum atomic E-state index is -0.331. The number of carbonyl (C=O) groups is 2. The molecule has 0 heterocycles. The fourth-order valence-corrected chi connectivity index (χ4v) is 1.75. The molecule has 0 saturated heterocycles. The lowest BCUT2D eigenvalue weighted by Crippen LogP contribution is -2.09. The molecule has 1 unspecified atom stereocenters. The highest BCUT2D eigenvalue weighted by atomic mass is 16.5. The van der Waals surface area contributed by atoms with Crippen LogP contribution in [0.4, 0.5) is 0 Å². The van der Waals surface area contributed by atoms with Crippen LogP contribution in [0, 0.1) is 0 Å². The molecule has 0 fully saturated rings. The van der Waals surface area contributed by atoms with Gasteiger partial charge in [-0.25, -0.2) is 0 Å². The molecule has 0 aliphatic heterocycles. The van der Waals surface area contributed by atoms with Gasteiger partial charge in [-0.3, -0.25) is 9.59 Å². The Kier molecular flexibility index (Phi) is 6.36. The van der Waals surface area contributed by atoms with Crippen molar-refractivity contribution in [2.75, 3.05) is 0 Å². The van der Waals surface area contributed by atoms with E-state index in [4.69, 9.17) is 4.74 Å². The van der Waals surface area contributed by atoms with E-state index in [0.717, 1.165) is 11.8 Å². The summed E-state index contributed by atoms with van der Waals surface area (Å²) >= 11 is 0. The minimum absolute atomic E-state index is 0.274. The first-order valence-corrected chi connectivity index (χ1v) is 6.16. The molecule has 0 amide bonds. The first-order valence-electron chi connectivity index (χ1n) is 6.16. The Morgan fingerprint density at radius 1 is 1.32 bits per heavy atom. The molecule has 0 N–H and O–H groups in total. The molecule has 1 rings (SSSR count). The second-order valence-electron chi connectivity index (χ2n) is 4.06. The molecule has 0 aliphatic carbocycles. The molecule has 0 spiro atoms. The van der Waals surface area contributed by atoms with E-state index < -0.39 is 0 Å². The Morgan fingerprint density at radius 2 is 2.00 bits per heavy atom. The van der Waals surface area contributed by atoms with Gasteiger partial charge in [-0.1, -0.05) is 36.9 Å². The lowest BCUT2D eigenvalue weighted by molar-refractivity contribution is -0.147. The number of ether oxygens (including phenoxy) is 2. The van der Waals surface area contributed by atoms with Crippen LogP contribution in [0.25, 0.3) is 0 Å². The van der Waals surface area contributed by atoms with E-state index >= 15 is 0 Å². The maximum atomic E-state index is 11.2. The van der Waals surface area contributed by atoms with Crippen LogP contribution in [0.1, 0.15) is 37.9 Å². The minimum Gasteiger partial charge on any atom is -0.458 e. The van der Waals surface area contributed by atoms with Gasteiger partial charge in [0.2, 0.25) is 0 Å². The highest BCUT2D eigenvalue weighted by Gasteiger charge is 2.15. The summed E-state index contributed by atoms with van der Waals surface area (Å²) < 4.78 is 9.89. The number of benzene rings is 1.